The van der Waals surface area contributed by atoms with Gasteiger partial charge in [0, 0.05) is 47.9 Å². The van der Waals surface area contributed by atoms with Crippen molar-refractivity contribution in [3.05, 3.63) is 33.9 Å². The number of halogens is 2. The molecule has 0 saturated carbocycles. The zero-order chi connectivity index (χ0) is 17.1. The Morgan fingerprint density at radius 3 is 2.88 bits per heavy atom. The van der Waals surface area contributed by atoms with E-state index in [1.54, 1.807) is 13.2 Å². The summed E-state index contributed by atoms with van der Waals surface area (Å²) in [6.45, 7) is 2.31. The molecule has 1 fully saturated rings. The molecule has 5 nitrogen and oxygen atoms in total. The lowest BCUT2D eigenvalue weighted by molar-refractivity contribution is -0.122. The standard InChI is InChI=1S/C17H20BrClN4O/c1-20-16(24)10-23-6-3-12(4-7-23)22-15-2-5-21-17-13(15)8-11(18)9-14(17)19/h2,5,8-9,12H,3-4,6-7,10H2,1H3,(H,20,24)(H,21,22). The van der Waals surface area contributed by atoms with Crippen LogP contribution in [0.2, 0.25) is 5.02 Å². The molecule has 0 unspecified atom stereocenters. The number of rotatable bonds is 4. The molecular formula is C17H20BrClN4O. The Morgan fingerprint density at radius 1 is 1.42 bits per heavy atom. The number of nitrogens with zero attached hydrogens (tertiary/aromatic N) is 2. The lowest BCUT2D eigenvalue weighted by Gasteiger charge is -2.32. The topological polar surface area (TPSA) is 57.3 Å². The fourth-order valence-corrected chi connectivity index (χ4v) is 3.90. The highest BCUT2D eigenvalue weighted by molar-refractivity contribution is 9.10. The number of likely N-dealkylation sites (tertiary alicyclic amines) is 1. The van der Waals surface area contributed by atoms with Gasteiger partial charge in [0.05, 0.1) is 17.1 Å². The van der Waals surface area contributed by atoms with E-state index in [2.05, 4.69) is 36.4 Å². The zero-order valence-electron chi connectivity index (χ0n) is 13.5. The molecule has 1 aromatic heterocycles. The first-order valence-corrected chi connectivity index (χ1v) is 9.17. The Bertz CT molecular complexity index is 747. The molecule has 128 valence electrons. The van der Waals surface area contributed by atoms with Crippen molar-refractivity contribution in [2.24, 2.45) is 0 Å². The normalized spacial score (nSPS) is 16.3. The van der Waals surface area contributed by atoms with Crippen LogP contribution in [0.25, 0.3) is 10.9 Å². The van der Waals surface area contributed by atoms with E-state index in [1.807, 2.05) is 18.2 Å². The first-order valence-electron chi connectivity index (χ1n) is 8.00. The number of fused-ring (bicyclic) bond motifs is 1. The van der Waals surface area contributed by atoms with E-state index < -0.39 is 0 Å². The van der Waals surface area contributed by atoms with Gasteiger partial charge in [-0.05, 0) is 31.0 Å². The molecule has 2 heterocycles. The van der Waals surface area contributed by atoms with E-state index in [-0.39, 0.29) is 5.91 Å². The third-order valence-corrected chi connectivity index (χ3v) is 5.10. The van der Waals surface area contributed by atoms with Crippen LogP contribution in [0.1, 0.15) is 12.8 Å². The molecule has 1 aliphatic rings. The maximum Gasteiger partial charge on any atom is 0.233 e. The summed E-state index contributed by atoms with van der Waals surface area (Å²) < 4.78 is 0.941. The third-order valence-electron chi connectivity index (χ3n) is 4.36. The average Bonchev–Trinajstić information content (AvgIpc) is 2.57. The molecule has 0 atom stereocenters. The predicted molar refractivity (Wildman–Crippen MR) is 102 cm³/mol. The highest BCUT2D eigenvalue weighted by atomic mass is 79.9. The number of benzene rings is 1. The van der Waals surface area contributed by atoms with Gasteiger partial charge in [-0.1, -0.05) is 27.5 Å². The molecule has 2 N–H and O–H groups in total. The summed E-state index contributed by atoms with van der Waals surface area (Å²) in [6.07, 6.45) is 3.79. The van der Waals surface area contributed by atoms with Gasteiger partial charge in [-0.3, -0.25) is 14.7 Å². The summed E-state index contributed by atoms with van der Waals surface area (Å²) in [5, 5.41) is 7.95. The molecule has 3 rings (SSSR count). The van der Waals surface area contributed by atoms with Gasteiger partial charge in [0.15, 0.2) is 0 Å². The van der Waals surface area contributed by atoms with E-state index in [0.29, 0.717) is 17.6 Å². The van der Waals surface area contributed by atoms with E-state index in [9.17, 15) is 4.79 Å². The quantitative estimate of drug-likeness (QED) is 0.811. The van der Waals surface area contributed by atoms with Crippen molar-refractivity contribution in [3.8, 4) is 0 Å². The number of carbonyl (C=O) groups excluding carboxylic acids is 1. The lowest BCUT2D eigenvalue weighted by Crippen LogP contribution is -2.43. The molecule has 7 heteroatoms. The maximum atomic E-state index is 11.5. The average molecular weight is 412 g/mol. The van der Waals surface area contributed by atoms with E-state index in [0.717, 1.165) is 47.0 Å². The number of hydrogen-bond donors (Lipinski definition) is 2. The third kappa shape index (κ3) is 3.99. The predicted octanol–water partition coefficient (Wildman–Crippen LogP) is 3.27. The highest BCUT2D eigenvalue weighted by Gasteiger charge is 2.21. The smallest absolute Gasteiger partial charge is 0.233 e. The molecule has 0 radical (unpaired) electrons. The Morgan fingerprint density at radius 2 is 2.17 bits per heavy atom. The van der Waals surface area contributed by atoms with Crippen LogP contribution in [0.5, 0.6) is 0 Å². The highest BCUT2D eigenvalue weighted by Crippen LogP contribution is 2.32. The number of anilines is 1. The molecule has 1 aliphatic heterocycles. The second-order valence-electron chi connectivity index (χ2n) is 6.01. The van der Waals surface area contributed by atoms with Crippen LogP contribution in [0.15, 0.2) is 28.9 Å². The summed E-state index contributed by atoms with van der Waals surface area (Å²) >= 11 is 9.79. The van der Waals surface area contributed by atoms with Crippen LogP contribution in [0.3, 0.4) is 0 Å². The fourth-order valence-electron chi connectivity index (χ4n) is 3.04. The number of aromatic nitrogens is 1. The minimum atomic E-state index is 0.0704. The molecule has 0 aliphatic carbocycles. The lowest BCUT2D eigenvalue weighted by atomic mass is 10.0. The van der Waals surface area contributed by atoms with Crippen molar-refractivity contribution >= 4 is 50.0 Å². The molecule has 24 heavy (non-hydrogen) atoms. The molecule has 0 spiro atoms. The summed E-state index contributed by atoms with van der Waals surface area (Å²) in [5.41, 5.74) is 1.86. The van der Waals surface area contributed by atoms with Crippen molar-refractivity contribution in [1.82, 2.24) is 15.2 Å². The molecule has 1 amide bonds. The van der Waals surface area contributed by atoms with Gasteiger partial charge in [-0.2, -0.15) is 0 Å². The summed E-state index contributed by atoms with van der Waals surface area (Å²) in [4.78, 5) is 18.0. The first-order chi connectivity index (χ1) is 11.6. The number of carbonyl (C=O) groups is 1. The minimum Gasteiger partial charge on any atom is -0.382 e. The number of hydrogen-bond acceptors (Lipinski definition) is 4. The number of likely N-dealkylation sites (N-methyl/N-ethyl adjacent to an activating group) is 1. The van der Waals surface area contributed by atoms with Gasteiger partial charge in [-0.15, -0.1) is 0 Å². The largest absolute Gasteiger partial charge is 0.382 e. The second kappa shape index (κ2) is 7.68. The van der Waals surface area contributed by atoms with E-state index in [4.69, 9.17) is 11.6 Å². The van der Waals surface area contributed by atoms with Crippen LogP contribution in [0, 0.1) is 0 Å². The Hall–Kier alpha value is -1.37. The van der Waals surface area contributed by atoms with Crippen molar-refractivity contribution in [2.75, 3.05) is 32.0 Å². The van der Waals surface area contributed by atoms with Gasteiger partial charge in [0.25, 0.3) is 0 Å². The molecule has 0 bridgehead atoms. The van der Waals surface area contributed by atoms with Crippen LogP contribution < -0.4 is 10.6 Å². The van der Waals surface area contributed by atoms with Gasteiger partial charge in [0.2, 0.25) is 5.91 Å². The SMILES string of the molecule is CNC(=O)CN1CCC(Nc2ccnc3c(Cl)cc(Br)cc23)CC1. The van der Waals surface area contributed by atoms with Crippen molar-refractivity contribution < 1.29 is 4.79 Å². The monoisotopic (exact) mass is 410 g/mol. The van der Waals surface area contributed by atoms with Gasteiger partial charge in [-0.25, -0.2) is 0 Å². The van der Waals surface area contributed by atoms with Crippen molar-refractivity contribution in [3.63, 3.8) is 0 Å². The van der Waals surface area contributed by atoms with E-state index in [1.165, 1.54) is 0 Å². The number of amides is 1. The molecule has 1 aromatic carbocycles. The number of nitrogens with one attached hydrogen (secondary N) is 2. The second-order valence-corrected chi connectivity index (χ2v) is 7.33. The van der Waals surface area contributed by atoms with Crippen molar-refractivity contribution in [1.29, 1.82) is 0 Å². The van der Waals surface area contributed by atoms with Crippen LogP contribution in [-0.2, 0) is 4.79 Å². The van der Waals surface area contributed by atoms with Gasteiger partial charge in [0.1, 0.15) is 0 Å². The van der Waals surface area contributed by atoms with E-state index >= 15 is 0 Å². The molecular weight excluding hydrogens is 392 g/mol. The van der Waals surface area contributed by atoms with Crippen LogP contribution in [-0.4, -0.2) is 48.5 Å². The fraction of sp³-hybridized carbons (Fsp3) is 0.412. The van der Waals surface area contributed by atoms with Crippen LogP contribution in [0.4, 0.5) is 5.69 Å². The summed E-state index contributed by atoms with van der Waals surface area (Å²) in [7, 11) is 1.68. The summed E-state index contributed by atoms with van der Waals surface area (Å²) in [6, 6.07) is 6.27. The minimum absolute atomic E-state index is 0.0704. The Labute approximate surface area is 154 Å². The zero-order valence-corrected chi connectivity index (χ0v) is 15.8. The molecule has 1 saturated heterocycles. The van der Waals surface area contributed by atoms with Crippen LogP contribution >= 0.6 is 27.5 Å². The maximum absolute atomic E-state index is 11.5. The Kier molecular flexibility index (Phi) is 5.58. The van der Waals surface area contributed by atoms with Crippen molar-refractivity contribution in [2.45, 2.75) is 18.9 Å². The van der Waals surface area contributed by atoms with Gasteiger partial charge >= 0.3 is 0 Å². The summed E-state index contributed by atoms with van der Waals surface area (Å²) in [5.74, 6) is 0.0704. The molecule has 2 aromatic rings. The Balaban J connectivity index is 1.69. The number of piperidine rings is 1. The number of pyridine rings is 1. The first kappa shape index (κ1) is 17.5. The van der Waals surface area contributed by atoms with Gasteiger partial charge < -0.3 is 10.6 Å².